The zero-order valence-electron chi connectivity index (χ0n) is 5.48. The van der Waals surface area contributed by atoms with Crippen molar-refractivity contribution in [2.24, 2.45) is 0 Å². The topological polar surface area (TPSA) is 80.5 Å². The van der Waals surface area contributed by atoms with Gasteiger partial charge in [0.15, 0.2) is 11.5 Å². The summed E-state index contributed by atoms with van der Waals surface area (Å²) in [6, 6.07) is 0. The summed E-state index contributed by atoms with van der Waals surface area (Å²) in [5.74, 6) is 0.433. The van der Waals surface area contributed by atoms with Crippen molar-refractivity contribution in [3.05, 3.63) is 12.7 Å². The molecule has 0 amide bonds. The number of nitrogens with one attached hydrogen (secondary N) is 1. The smallest absolute Gasteiger partial charge is 0.182 e. The molecule has 12 heavy (non-hydrogen) atoms. The second-order valence-corrected chi connectivity index (χ2v) is 1.86. The van der Waals surface area contributed by atoms with E-state index < -0.39 is 0 Å². The number of aromatic nitrogens is 4. The van der Waals surface area contributed by atoms with E-state index in [0.717, 1.165) is 0 Å². The molecule has 0 atom stereocenters. The third-order valence-electron chi connectivity index (χ3n) is 1.25. The Morgan fingerprint density at radius 3 is 2.67 bits per heavy atom. The van der Waals surface area contributed by atoms with Gasteiger partial charge in [-0.1, -0.05) is 0 Å². The molecule has 0 saturated heterocycles. The molecule has 66 valence electrons. The quantitative estimate of drug-likeness (QED) is 0.590. The number of rotatable bonds is 0. The Kier molecular flexibility index (Phi) is 3.84. The fourth-order valence-corrected chi connectivity index (χ4v) is 0.784. The molecule has 0 radical (unpaired) electrons. The summed E-state index contributed by atoms with van der Waals surface area (Å²) in [4.78, 5) is 14.4. The van der Waals surface area contributed by atoms with Gasteiger partial charge < -0.3 is 10.7 Å². The fourth-order valence-electron chi connectivity index (χ4n) is 0.784. The highest BCUT2D eigenvalue weighted by molar-refractivity contribution is 8.93. The zero-order valence-corrected chi connectivity index (χ0v) is 7.20. The molecule has 0 spiro atoms. The molecule has 0 aromatic carbocycles. The number of fused-ring (bicyclic) bond motifs is 1. The minimum Gasteiger partial charge on any atom is -0.382 e. The molecule has 2 heterocycles. The van der Waals surface area contributed by atoms with E-state index >= 15 is 0 Å². The van der Waals surface area contributed by atoms with Gasteiger partial charge in [0.2, 0.25) is 0 Å². The Hall–Kier alpha value is -0.953. The normalized spacial score (nSPS) is 8.67. The summed E-state index contributed by atoms with van der Waals surface area (Å²) in [5.41, 5.74) is 6.78. The molecular weight excluding hydrogens is 238 g/mol. The monoisotopic (exact) mass is 247 g/mol. The maximum atomic E-state index is 5.48. The first-order chi connectivity index (χ1) is 4.88. The maximum Gasteiger partial charge on any atom is 0.182 e. The van der Waals surface area contributed by atoms with Crippen LogP contribution < -0.4 is 5.73 Å². The van der Waals surface area contributed by atoms with Crippen molar-refractivity contribution >= 4 is 44.9 Å². The molecule has 0 aliphatic rings. The summed E-state index contributed by atoms with van der Waals surface area (Å²) < 4.78 is 0. The van der Waals surface area contributed by atoms with Crippen LogP contribution >= 0.6 is 17.0 Å². The number of aromatic amines is 1. The van der Waals surface area contributed by atoms with Crippen LogP contribution in [-0.2, 0) is 0 Å². The lowest BCUT2D eigenvalue weighted by Crippen LogP contribution is -1.91. The highest BCUT2D eigenvalue weighted by Gasteiger charge is 1.99. The van der Waals surface area contributed by atoms with Crippen LogP contribution in [0.3, 0.4) is 0 Å². The minimum absolute atomic E-state index is 0. The predicted octanol–water partition coefficient (Wildman–Crippen LogP) is -0.939. The average Bonchev–Trinajstić information content (AvgIpc) is 2.36. The van der Waals surface area contributed by atoms with Gasteiger partial charge >= 0.3 is 0 Å². The second kappa shape index (κ2) is 4.17. The van der Waals surface area contributed by atoms with Crippen LogP contribution in [0.15, 0.2) is 12.7 Å². The molecule has 5 nitrogen and oxygen atoms in total. The zero-order chi connectivity index (χ0) is 6.97. The molecular formula is C5H10BrN5Si. The Morgan fingerprint density at radius 2 is 2.00 bits per heavy atom. The van der Waals surface area contributed by atoms with Crippen molar-refractivity contribution < 1.29 is 0 Å². The van der Waals surface area contributed by atoms with Crippen molar-refractivity contribution in [2.75, 3.05) is 5.73 Å². The average molecular weight is 248 g/mol. The van der Waals surface area contributed by atoms with Crippen LogP contribution in [0.2, 0.25) is 0 Å². The number of nitrogens with zero attached hydrogens (tertiary/aromatic N) is 3. The Morgan fingerprint density at radius 1 is 1.25 bits per heavy atom. The van der Waals surface area contributed by atoms with Crippen LogP contribution in [0.25, 0.3) is 11.2 Å². The van der Waals surface area contributed by atoms with E-state index in [2.05, 4.69) is 19.9 Å². The molecule has 0 aliphatic carbocycles. The van der Waals surface area contributed by atoms with Gasteiger partial charge in [0.05, 0.1) is 6.33 Å². The van der Waals surface area contributed by atoms with E-state index in [9.17, 15) is 0 Å². The van der Waals surface area contributed by atoms with Crippen LogP contribution in [0.4, 0.5) is 5.82 Å². The van der Waals surface area contributed by atoms with E-state index in [1.807, 2.05) is 0 Å². The number of imidazole rings is 1. The highest BCUT2D eigenvalue weighted by atomic mass is 79.9. The number of nitrogens with two attached hydrogens (primary N) is 1. The van der Waals surface area contributed by atoms with Crippen LogP contribution in [0, 0.1) is 0 Å². The highest BCUT2D eigenvalue weighted by Crippen LogP contribution is 2.09. The van der Waals surface area contributed by atoms with Gasteiger partial charge in [-0.15, -0.1) is 17.0 Å². The van der Waals surface area contributed by atoms with Crippen molar-refractivity contribution in [3.8, 4) is 0 Å². The summed E-state index contributed by atoms with van der Waals surface area (Å²) in [6.07, 6.45) is 2.92. The van der Waals surface area contributed by atoms with E-state index in [0.29, 0.717) is 17.0 Å². The number of hydrogen-bond donors (Lipinski definition) is 2. The van der Waals surface area contributed by atoms with E-state index in [1.54, 1.807) is 0 Å². The van der Waals surface area contributed by atoms with Gasteiger partial charge in [-0.3, -0.25) is 0 Å². The first-order valence-corrected chi connectivity index (χ1v) is 2.77. The van der Waals surface area contributed by atoms with Crippen LogP contribution in [0.5, 0.6) is 0 Å². The van der Waals surface area contributed by atoms with Gasteiger partial charge in [-0.2, -0.15) is 0 Å². The molecule has 2 aromatic rings. The maximum absolute atomic E-state index is 5.48. The molecule has 0 bridgehead atoms. The second-order valence-electron chi connectivity index (χ2n) is 1.86. The summed E-state index contributed by atoms with van der Waals surface area (Å²) >= 11 is 0. The van der Waals surface area contributed by atoms with Crippen LogP contribution in [-0.4, -0.2) is 30.9 Å². The van der Waals surface area contributed by atoms with Crippen molar-refractivity contribution in [1.29, 1.82) is 0 Å². The molecule has 7 heteroatoms. The first-order valence-electron chi connectivity index (χ1n) is 2.77. The van der Waals surface area contributed by atoms with E-state index in [-0.39, 0.29) is 27.9 Å². The molecule has 2 rings (SSSR count). The number of anilines is 1. The van der Waals surface area contributed by atoms with Crippen LogP contribution in [0.1, 0.15) is 0 Å². The molecule has 0 saturated carbocycles. The largest absolute Gasteiger partial charge is 0.382 e. The Labute approximate surface area is 83.6 Å². The SMILES string of the molecule is Br.Nc1ncnc2nc[nH]c12.[SiH4]. The van der Waals surface area contributed by atoms with E-state index in [1.165, 1.54) is 12.7 Å². The predicted molar refractivity (Wildman–Crippen MR) is 57.8 cm³/mol. The lowest BCUT2D eigenvalue weighted by molar-refractivity contribution is 1.21. The van der Waals surface area contributed by atoms with Gasteiger partial charge in [0.25, 0.3) is 0 Å². The summed E-state index contributed by atoms with van der Waals surface area (Å²) in [7, 11) is 0. The number of nitrogen functional groups attached to an aromatic ring is 1. The van der Waals surface area contributed by atoms with E-state index in [4.69, 9.17) is 5.73 Å². The van der Waals surface area contributed by atoms with Crippen molar-refractivity contribution in [2.45, 2.75) is 0 Å². The Bertz CT molecular complexity index is 361. The number of halogens is 1. The van der Waals surface area contributed by atoms with Crippen molar-refractivity contribution in [1.82, 2.24) is 19.9 Å². The molecule has 0 aliphatic heterocycles. The number of H-pyrrole nitrogens is 1. The van der Waals surface area contributed by atoms with Gasteiger partial charge in [0.1, 0.15) is 11.8 Å². The molecule has 2 aromatic heterocycles. The minimum atomic E-state index is 0. The lowest BCUT2D eigenvalue weighted by Gasteiger charge is -1.89. The number of hydrogen-bond acceptors (Lipinski definition) is 4. The lowest BCUT2D eigenvalue weighted by atomic mass is 10.5. The first kappa shape index (κ1) is 11.0. The summed E-state index contributed by atoms with van der Waals surface area (Å²) in [5, 5.41) is 0. The molecule has 0 fully saturated rings. The Balaban J connectivity index is 0.000000605. The third kappa shape index (κ3) is 1.61. The molecule has 0 unspecified atom stereocenters. The third-order valence-corrected chi connectivity index (χ3v) is 1.25. The fraction of sp³-hybridized carbons (Fsp3) is 0. The molecule has 3 N–H and O–H groups in total. The van der Waals surface area contributed by atoms with Gasteiger partial charge in [0, 0.05) is 0 Å². The van der Waals surface area contributed by atoms with Crippen molar-refractivity contribution in [3.63, 3.8) is 0 Å². The standard InChI is InChI=1S/C5H5N5.BrH.H4Si/c6-4-3-5(9-1-7-3)10-2-8-4;;/h1-2H,(H3,6,7,8,9,10);1H;1H4. The summed E-state index contributed by atoms with van der Waals surface area (Å²) in [6.45, 7) is 0. The van der Waals surface area contributed by atoms with Gasteiger partial charge in [-0.05, 0) is 11.0 Å². The van der Waals surface area contributed by atoms with Gasteiger partial charge in [-0.25, -0.2) is 15.0 Å².